The Morgan fingerprint density at radius 3 is 2.65 bits per heavy atom. The lowest BCUT2D eigenvalue weighted by molar-refractivity contribution is 0.0950. The fourth-order valence-electron chi connectivity index (χ4n) is 4.07. The lowest BCUT2D eigenvalue weighted by Gasteiger charge is -2.20. The highest BCUT2D eigenvalue weighted by atomic mass is 35.5. The number of nitrogens with zero attached hydrogens (tertiary/aromatic N) is 5. The summed E-state index contributed by atoms with van der Waals surface area (Å²) >= 11 is 6.26. The van der Waals surface area contributed by atoms with E-state index in [9.17, 15) is 4.79 Å². The SMILES string of the molecule is COc1ccc(CNc2nc(N3CC4CC4C3)ncc2C(=O)NCc2ncccn2)cc1Cl.Cl. The minimum Gasteiger partial charge on any atom is -0.495 e. The Bertz CT molecular complexity index is 1160. The van der Waals surface area contributed by atoms with Gasteiger partial charge in [-0.15, -0.1) is 12.4 Å². The zero-order valence-corrected chi connectivity index (χ0v) is 20.1. The Morgan fingerprint density at radius 2 is 1.94 bits per heavy atom. The molecular weight excluding hydrogens is 477 g/mol. The monoisotopic (exact) mass is 501 g/mol. The number of piperidine rings is 1. The number of hydrogen-bond donors (Lipinski definition) is 2. The van der Waals surface area contributed by atoms with Crippen LogP contribution in [-0.4, -0.2) is 46.0 Å². The van der Waals surface area contributed by atoms with Crippen molar-refractivity contribution < 1.29 is 9.53 Å². The first-order chi connectivity index (χ1) is 16.1. The molecule has 2 N–H and O–H groups in total. The molecular formula is C23H25Cl2N7O2. The van der Waals surface area contributed by atoms with E-state index in [-0.39, 0.29) is 24.9 Å². The molecule has 0 radical (unpaired) electrons. The molecule has 2 fully saturated rings. The number of anilines is 2. The number of nitrogens with one attached hydrogen (secondary N) is 2. The molecule has 2 unspecified atom stereocenters. The Kier molecular flexibility index (Phi) is 7.33. The number of fused-ring (bicyclic) bond motifs is 1. The van der Waals surface area contributed by atoms with Gasteiger partial charge in [-0.3, -0.25) is 4.79 Å². The number of ether oxygens (including phenoxy) is 1. The predicted octanol–water partition coefficient (Wildman–Crippen LogP) is 3.35. The van der Waals surface area contributed by atoms with Crippen molar-refractivity contribution in [1.82, 2.24) is 25.3 Å². The van der Waals surface area contributed by atoms with Gasteiger partial charge in [0.05, 0.1) is 18.7 Å². The number of methoxy groups -OCH3 is 1. The van der Waals surface area contributed by atoms with Crippen LogP contribution in [0.15, 0.2) is 42.9 Å². The van der Waals surface area contributed by atoms with Gasteiger partial charge in [0, 0.05) is 38.2 Å². The van der Waals surface area contributed by atoms with Crippen molar-refractivity contribution in [3.63, 3.8) is 0 Å². The summed E-state index contributed by atoms with van der Waals surface area (Å²) < 4.78 is 5.22. The molecule has 3 heterocycles. The highest BCUT2D eigenvalue weighted by Gasteiger charge is 2.45. The van der Waals surface area contributed by atoms with Crippen molar-refractivity contribution in [3.8, 4) is 5.75 Å². The van der Waals surface area contributed by atoms with Crippen molar-refractivity contribution in [2.45, 2.75) is 19.5 Å². The second kappa shape index (κ2) is 10.4. The molecule has 34 heavy (non-hydrogen) atoms. The molecule has 3 aromatic rings. The van der Waals surface area contributed by atoms with Gasteiger partial charge in [-0.05, 0) is 42.0 Å². The molecule has 9 nitrogen and oxygen atoms in total. The second-order valence-electron chi connectivity index (χ2n) is 8.26. The van der Waals surface area contributed by atoms with Crippen LogP contribution in [-0.2, 0) is 13.1 Å². The lowest BCUT2D eigenvalue weighted by atomic mass is 10.2. The average Bonchev–Trinajstić information content (AvgIpc) is 3.46. The Balaban J connectivity index is 0.00000274. The van der Waals surface area contributed by atoms with E-state index in [1.54, 1.807) is 31.8 Å². The number of rotatable bonds is 8. The topological polar surface area (TPSA) is 105 Å². The summed E-state index contributed by atoms with van der Waals surface area (Å²) in [7, 11) is 1.58. The first kappa shape index (κ1) is 24.0. The van der Waals surface area contributed by atoms with E-state index in [0.29, 0.717) is 40.5 Å². The largest absolute Gasteiger partial charge is 0.495 e. The van der Waals surface area contributed by atoms with Crippen LogP contribution in [0.1, 0.15) is 28.2 Å². The number of halogens is 2. The van der Waals surface area contributed by atoms with Gasteiger partial charge in [-0.25, -0.2) is 15.0 Å². The summed E-state index contributed by atoms with van der Waals surface area (Å²) in [5, 5.41) is 6.66. The third-order valence-corrected chi connectivity index (χ3v) is 6.28. The van der Waals surface area contributed by atoms with Crippen LogP contribution in [0.4, 0.5) is 11.8 Å². The van der Waals surface area contributed by atoms with Crippen LogP contribution < -0.4 is 20.3 Å². The van der Waals surface area contributed by atoms with Gasteiger partial charge in [-0.1, -0.05) is 17.7 Å². The molecule has 2 aliphatic rings. The molecule has 1 aliphatic heterocycles. The maximum Gasteiger partial charge on any atom is 0.256 e. The van der Waals surface area contributed by atoms with Gasteiger partial charge in [0.15, 0.2) is 0 Å². The average molecular weight is 502 g/mol. The van der Waals surface area contributed by atoms with Crippen LogP contribution in [0.5, 0.6) is 5.75 Å². The molecule has 1 amide bonds. The van der Waals surface area contributed by atoms with Crippen molar-refractivity contribution in [3.05, 3.63) is 64.8 Å². The Labute approximate surface area is 208 Å². The Morgan fingerprint density at radius 1 is 1.18 bits per heavy atom. The van der Waals surface area contributed by atoms with E-state index < -0.39 is 0 Å². The summed E-state index contributed by atoms with van der Waals surface area (Å²) in [5.74, 6) is 3.45. The van der Waals surface area contributed by atoms with Gasteiger partial charge >= 0.3 is 0 Å². The summed E-state index contributed by atoms with van der Waals surface area (Å²) in [6, 6.07) is 7.29. The van der Waals surface area contributed by atoms with E-state index in [1.165, 1.54) is 6.42 Å². The van der Waals surface area contributed by atoms with Crippen LogP contribution in [0, 0.1) is 11.8 Å². The van der Waals surface area contributed by atoms with E-state index in [1.807, 2.05) is 18.2 Å². The maximum absolute atomic E-state index is 12.9. The molecule has 2 atom stereocenters. The van der Waals surface area contributed by atoms with Crippen molar-refractivity contribution in [2.75, 3.05) is 30.4 Å². The molecule has 178 valence electrons. The summed E-state index contributed by atoms with van der Waals surface area (Å²) in [5.41, 5.74) is 1.30. The summed E-state index contributed by atoms with van der Waals surface area (Å²) in [6.07, 6.45) is 6.15. The zero-order chi connectivity index (χ0) is 22.8. The fraction of sp³-hybridized carbons (Fsp3) is 0.348. The van der Waals surface area contributed by atoms with Gasteiger partial charge in [0.1, 0.15) is 23.0 Å². The third kappa shape index (κ3) is 5.31. The van der Waals surface area contributed by atoms with E-state index in [2.05, 4.69) is 30.5 Å². The number of carbonyl (C=O) groups excluding carboxylic acids is 1. The normalized spacial score (nSPS) is 18.0. The highest BCUT2D eigenvalue weighted by molar-refractivity contribution is 6.32. The van der Waals surface area contributed by atoms with Crippen LogP contribution >= 0.6 is 24.0 Å². The number of benzene rings is 1. The zero-order valence-electron chi connectivity index (χ0n) is 18.6. The minimum atomic E-state index is -0.298. The lowest BCUT2D eigenvalue weighted by Crippen LogP contribution is -2.28. The standard InChI is InChI=1S/C23H24ClN7O2.ClH/c1-33-19-4-3-14(7-18(19)24)9-27-21-17(22(32)28-11-20-25-5-2-6-26-20)10-29-23(30-21)31-12-15-8-16(15)13-31;/h2-7,10,15-16H,8-9,11-13H2,1H3,(H,28,32)(H,27,29,30);1H. The van der Waals surface area contributed by atoms with Gasteiger partial charge in [0.25, 0.3) is 5.91 Å². The Hall–Kier alpha value is -3.17. The first-order valence-electron chi connectivity index (χ1n) is 10.8. The molecule has 2 aromatic heterocycles. The molecule has 5 rings (SSSR count). The van der Waals surface area contributed by atoms with Crippen LogP contribution in [0.3, 0.4) is 0 Å². The summed E-state index contributed by atoms with van der Waals surface area (Å²) in [4.78, 5) is 32.6. The van der Waals surface area contributed by atoms with Crippen molar-refractivity contribution in [2.24, 2.45) is 11.8 Å². The minimum absolute atomic E-state index is 0. The second-order valence-corrected chi connectivity index (χ2v) is 8.67. The molecule has 11 heteroatoms. The number of aromatic nitrogens is 4. The smallest absolute Gasteiger partial charge is 0.256 e. The molecule has 1 aromatic carbocycles. The highest BCUT2D eigenvalue weighted by Crippen LogP contribution is 2.45. The number of hydrogen-bond acceptors (Lipinski definition) is 8. The van der Waals surface area contributed by atoms with Gasteiger partial charge < -0.3 is 20.3 Å². The predicted molar refractivity (Wildman–Crippen MR) is 132 cm³/mol. The third-order valence-electron chi connectivity index (χ3n) is 5.98. The van der Waals surface area contributed by atoms with E-state index >= 15 is 0 Å². The van der Waals surface area contributed by atoms with Gasteiger partial charge in [-0.2, -0.15) is 4.98 Å². The number of amides is 1. The van der Waals surface area contributed by atoms with E-state index in [0.717, 1.165) is 30.5 Å². The van der Waals surface area contributed by atoms with E-state index in [4.69, 9.17) is 21.3 Å². The van der Waals surface area contributed by atoms with Gasteiger partial charge in [0.2, 0.25) is 5.95 Å². The van der Waals surface area contributed by atoms with Crippen molar-refractivity contribution >= 4 is 41.7 Å². The molecule has 1 saturated heterocycles. The maximum atomic E-state index is 12.9. The fourth-order valence-corrected chi connectivity index (χ4v) is 4.35. The number of carbonyl (C=O) groups is 1. The molecule has 0 spiro atoms. The van der Waals surface area contributed by atoms with Crippen molar-refractivity contribution in [1.29, 1.82) is 0 Å². The van der Waals surface area contributed by atoms with Crippen LogP contribution in [0.2, 0.25) is 5.02 Å². The quantitative estimate of drug-likeness (QED) is 0.483. The molecule has 1 saturated carbocycles. The molecule has 0 bridgehead atoms. The van der Waals surface area contributed by atoms with Crippen LogP contribution in [0.25, 0.3) is 0 Å². The first-order valence-corrected chi connectivity index (χ1v) is 11.2. The summed E-state index contributed by atoms with van der Waals surface area (Å²) in [6.45, 7) is 2.59. The molecule has 1 aliphatic carbocycles.